The minimum Gasteiger partial charge on any atom is -0.500 e. The fourth-order valence-corrected chi connectivity index (χ4v) is 9.29. The molecule has 0 saturated heterocycles. The summed E-state index contributed by atoms with van der Waals surface area (Å²) < 4.78 is 44.0. The number of hydrogen-bond donors (Lipinski definition) is 0. The average molecular weight is 1020 g/mol. The molecule has 7 heteroatoms. The summed E-state index contributed by atoms with van der Waals surface area (Å²) >= 11 is 0. The van der Waals surface area contributed by atoms with Crippen molar-refractivity contribution in [2.24, 2.45) is 0 Å². The van der Waals surface area contributed by atoms with Crippen molar-refractivity contribution in [2.75, 3.05) is 0 Å². The van der Waals surface area contributed by atoms with Crippen LogP contribution in [0.25, 0.3) is 66.7 Å². The molecular weight excluding hydrogens is 958 g/mol. The van der Waals surface area contributed by atoms with E-state index in [4.69, 9.17) is 13.5 Å². The van der Waals surface area contributed by atoms with Crippen molar-refractivity contribution in [1.82, 2.24) is 9.97 Å². The van der Waals surface area contributed by atoms with E-state index in [-0.39, 0.29) is 48.0 Å². The van der Waals surface area contributed by atoms with Crippen LogP contribution < -0.4 is 5.19 Å². The standard InChI is InChI=1S/C40H39N2OSi.C15H15FN.Ir/c1-24(2)31-10-9-11-32(25(3)4)37(31)28-14-12-27(13-15-28)29-20-21-42-35(22-29)33-18-19-36(44(6,7)8)38-34-17-16-30(23-41)26(5)39(34)43-40(33)38;1-15(2,3)12-6-9-14(17-10-12)11-4-7-13(16)8-5-11;/h9-17,19-22,24-25H,1-8H3;4,6-10H,1-3H3;/q2*-1;/i5D3;;. The third-order valence-electron chi connectivity index (χ3n) is 11.2. The fraction of sp³-hybridized carbons (Fsp3) is 0.255. The molecule has 0 aliphatic carbocycles. The number of aromatic nitrogens is 2. The third-order valence-corrected chi connectivity index (χ3v) is 13.2. The van der Waals surface area contributed by atoms with Gasteiger partial charge in [0.1, 0.15) is 5.58 Å². The van der Waals surface area contributed by atoms with Gasteiger partial charge < -0.3 is 14.4 Å². The van der Waals surface area contributed by atoms with Gasteiger partial charge in [0.05, 0.1) is 17.2 Å². The summed E-state index contributed by atoms with van der Waals surface area (Å²) in [5, 5.41) is 12.5. The zero-order valence-electron chi connectivity index (χ0n) is 40.1. The Hall–Kier alpha value is -5.51. The number of furan rings is 1. The van der Waals surface area contributed by atoms with Crippen molar-refractivity contribution in [3.63, 3.8) is 0 Å². The van der Waals surface area contributed by atoms with Crippen molar-refractivity contribution in [2.45, 2.75) is 92.2 Å². The van der Waals surface area contributed by atoms with Crippen LogP contribution in [0.3, 0.4) is 0 Å². The smallest absolute Gasteiger partial charge is 0.125 e. The topological polar surface area (TPSA) is 62.7 Å². The first kappa shape index (κ1) is 41.8. The molecule has 62 heavy (non-hydrogen) atoms. The molecule has 0 amide bonds. The molecule has 4 nitrogen and oxygen atoms in total. The van der Waals surface area contributed by atoms with E-state index in [0.29, 0.717) is 34.1 Å². The second-order valence-corrected chi connectivity index (χ2v) is 23.4. The molecule has 3 heterocycles. The molecule has 3 aromatic heterocycles. The van der Waals surface area contributed by atoms with E-state index in [9.17, 15) is 9.65 Å². The van der Waals surface area contributed by atoms with Crippen LogP contribution in [0.4, 0.5) is 4.39 Å². The summed E-state index contributed by atoms with van der Waals surface area (Å²) in [5.74, 6) is 0.541. The molecule has 317 valence electrons. The first-order valence-electron chi connectivity index (χ1n) is 22.4. The summed E-state index contributed by atoms with van der Waals surface area (Å²) in [6.07, 6.45) is 3.66. The van der Waals surface area contributed by atoms with Crippen molar-refractivity contribution < 1.29 is 33.0 Å². The van der Waals surface area contributed by atoms with Crippen molar-refractivity contribution in [3.8, 4) is 50.8 Å². The van der Waals surface area contributed by atoms with E-state index in [1.165, 1.54) is 39.9 Å². The van der Waals surface area contributed by atoms with E-state index in [2.05, 4.69) is 140 Å². The molecule has 0 aliphatic rings. The third kappa shape index (κ3) is 9.44. The molecule has 0 atom stereocenters. The number of rotatable bonds is 7. The van der Waals surface area contributed by atoms with Crippen molar-refractivity contribution >= 4 is 35.2 Å². The molecule has 0 spiro atoms. The van der Waals surface area contributed by atoms with Crippen LogP contribution in [-0.4, -0.2) is 18.0 Å². The van der Waals surface area contributed by atoms with E-state index in [1.807, 2.05) is 36.5 Å². The predicted octanol–water partition coefficient (Wildman–Crippen LogP) is 14.7. The second-order valence-electron chi connectivity index (χ2n) is 18.3. The van der Waals surface area contributed by atoms with E-state index in [1.54, 1.807) is 18.3 Å². The number of benzene rings is 5. The zero-order valence-corrected chi connectivity index (χ0v) is 40.5. The first-order chi connectivity index (χ1) is 30.2. The van der Waals surface area contributed by atoms with Crippen LogP contribution in [0.15, 0.2) is 120 Å². The van der Waals surface area contributed by atoms with Gasteiger partial charge in [0.25, 0.3) is 0 Å². The van der Waals surface area contributed by atoms with Gasteiger partial charge in [-0.25, -0.2) is 0 Å². The molecule has 0 fully saturated rings. The predicted molar refractivity (Wildman–Crippen MR) is 254 cm³/mol. The Morgan fingerprint density at radius 2 is 1.47 bits per heavy atom. The van der Waals surface area contributed by atoms with Crippen molar-refractivity contribution in [1.29, 1.82) is 5.26 Å². The number of nitrogens with zero attached hydrogens (tertiary/aromatic N) is 3. The quantitative estimate of drug-likeness (QED) is 0.118. The first-order valence-corrected chi connectivity index (χ1v) is 24.4. The number of aryl methyl sites for hydroxylation is 1. The van der Waals surface area contributed by atoms with Crippen LogP contribution in [0.1, 0.15) is 92.2 Å². The molecule has 0 aliphatic heterocycles. The number of pyridine rings is 2. The zero-order chi connectivity index (χ0) is 46.3. The van der Waals surface area contributed by atoms with Gasteiger partial charge in [-0.15, -0.1) is 47.1 Å². The largest absolute Gasteiger partial charge is 0.500 e. The monoisotopic (exact) mass is 1020 g/mol. The molecule has 1 radical (unpaired) electrons. The van der Waals surface area contributed by atoms with Gasteiger partial charge in [0.2, 0.25) is 0 Å². The summed E-state index contributed by atoms with van der Waals surface area (Å²) in [6, 6.07) is 41.7. The maximum atomic E-state index is 12.8. The van der Waals surface area contributed by atoms with Crippen molar-refractivity contribution in [3.05, 3.63) is 161 Å². The van der Waals surface area contributed by atoms with Gasteiger partial charge >= 0.3 is 0 Å². The Labute approximate surface area is 385 Å². The Bertz CT molecular complexity index is 2990. The van der Waals surface area contributed by atoms with Crippen LogP contribution in [0.2, 0.25) is 19.6 Å². The molecule has 8 aromatic rings. The second kappa shape index (κ2) is 18.5. The Morgan fingerprint density at radius 3 is 2.03 bits per heavy atom. The van der Waals surface area contributed by atoms with Gasteiger partial charge in [-0.3, -0.25) is 4.39 Å². The summed E-state index contributed by atoms with van der Waals surface area (Å²) in [4.78, 5) is 9.13. The molecule has 0 saturated carbocycles. The van der Waals surface area contributed by atoms with Gasteiger partial charge in [-0.2, -0.15) is 5.26 Å². The van der Waals surface area contributed by atoms with Crippen LogP contribution >= 0.6 is 0 Å². The van der Waals surface area contributed by atoms with Crippen LogP contribution in [0, 0.1) is 36.1 Å². The average Bonchev–Trinajstić information content (AvgIpc) is 3.64. The van der Waals surface area contributed by atoms with E-state index < -0.39 is 14.9 Å². The molecule has 8 rings (SSSR count). The van der Waals surface area contributed by atoms with E-state index in [0.717, 1.165) is 33.0 Å². The minimum absolute atomic E-state index is 0. The Kier molecular flexibility index (Phi) is 12.4. The van der Waals surface area contributed by atoms with Crippen LogP contribution in [0.5, 0.6) is 0 Å². The van der Waals surface area contributed by atoms with Gasteiger partial charge in [0.15, 0.2) is 0 Å². The fourth-order valence-electron chi connectivity index (χ4n) is 7.78. The van der Waals surface area contributed by atoms with E-state index >= 15 is 0 Å². The molecule has 0 bridgehead atoms. The summed E-state index contributed by atoms with van der Waals surface area (Å²) in [6.45, 7) is 19.6. The normalized spacial score (nSPS) is 12.6. The van der Waals surface area contributed by atoms with Crippen LogP contribution in [-0.2, 0) is 25.5 Å². The number of fused-ring (bicyclic) bond motifs is 3. The number of nitriles is 1. The minimum atomic E-state index is -2.52. The number of halogens is 1. The Balaban J connectivity index is 0.000000326. The maximum Gasteiger partial charge on any atom is 0.125 e. The van der Waals surface area contributed by atoms with Gasteiger partial charge in [0, 0.05) is 61.5 Å². The SMILES string of the molecule is CC(C)(C)c1ccc(-c2[c-]cc(F)cc2)nc1.[2H]C([2H])([2H])c1c(C#N)ccc2c1oc1c(-c3cc(-c4ccc(-c5c(C(C)C)cccc5C(C)C)cc4)ccn3)[c-]cc([Si](C)(C)C)c12.[Ir]. The molecular formula is C55H54FIrN3OSi-2. The number of hydrogen-bond acceptors (Lipinski definition) is 4. The summed E-state index contributed by atoms with van der Waals surface area (Å²) in [5.41, 5.74) is 12.4. The molecule has 0 N–H and O–H groups in total. The Morgan fingerprint density at radius 1 is 0.774 bits per heavy atom. The van der Waals surface area contributed by atoms with Gasteiger partial charge in [-0.1, -0.05) is 146 Å². The summed E-state index contributed by atoms with van der Waals surface area (Å²) in [7, 11) is -1.92. The maximum absolute atomic E-state index is 12.8. The molecule has 0 unspecified atom stereocenters. The van der Waals surface area contributed by atoms with Gasteiger partial charge in [-0.05, 0) is 86.6 Å². The molecule has 5 aromatic carbocycles.